The monoisotopic (exact) mass is 288 g/mol. The number of carbonyl (C=O) groups is 2. The van der Waals surface area contributed by atoms with Crippen molar-refractivity contribution >= 4 is 17.6 Å². The van der Waals surface area contributed by atoms with Gasteiger partial charge in [0.05, 0.1) is 18.5 Å². The highest BCUT2D eigenvalue weighted by atomic mass is 16.4. The van der Waals surface area contributed by atoms with Crippen molar-refractivity contribution in [1.82, 2.24) is 5.32 Å². The van der Waals surface area contributed by atoms with Crippen molar-refractivity contribution in [2.45, 2.75) is 37.6 Å². The third-order valence-corrected chi connectivity index (χ3v) is 4.52. The Morgan fingerprint density at radius 1 is 1.29 bits per heavy atom. The zero-order valence-corrected chi connectivity index (χ0v) is 12.0. The molecule has 1 aliphatic heterocycles. The number of para-hydroxylation sites is 1. The molecule has 0 bridgehead atoms. The number of amides is 1. The maximum absolute atomic E-state index is 12.3. The van der Waals surface area contributed by atoms with Gasteiger partial charge in [-0.15, -0.1) is 0 Å². The minimum absolute atomic E-state index is 0.0231. The summed E-state index contributed by atoms with van der Waals surface area (Å²) in [7, 11) is 0. The van der Waals surface area contributed by atoms with E-state index >= 15 is 0 Å². The van der Waals surface area contributed by atoms with Crippen LogP contribution < -0.4 is 10.2 Å². The van der Waals surface area contributed by atoms with Crippen LogP contribution in [0.5, 0.6) is 0 Å². The number of hydrogen-bond acceptors (Lipinski definition) is 3. The summed E-state index contributed by atoms with van der Waals surface area (Å²) in [4.78, 5) is 25.3. The molecule has 3 rings (SSSR count). The van der Waals surface area contributed by atoms with Crippen LogP contribution in [0.25, 0.3) is 0 Å². The van der Waals surface area contributed by atoms with Crippen molar-refractivity contribution < 1.29 is 14.7 Å². The van der Waals surface area contributed by atoms with Crippen LogP contribution in [0, 0.1) is 0 Å². The minimum atomic E-state index is -0.846. The molecule has 0 aromatic heterocycles. The number of nitrogens with one attached hydrogen (secondary N) is 1. The van der Waals surface area contributed by atoms with Crippen LogP contribution in [-0.2, 0) is 16.0 Å². The third kappa shape index (κ3) is 2.86. The molecule has 1 fully saturated rings. The number of anilines is 1. The van der Waals surface area contributed by atoms with E-state index in [0.717, 1.165) is 37.9 Å². The molecule has 1 aliphatic carbocycles. The summed E-state index contributed by atoms with van der Waals surface area (Å²) in [6, 6.07) is 8.11. The molecule has 1 amide bonds. The van der Waals surface area contributed by atoms with Gasteiger partial charge in [-0.05, 0) is 37.3 Å². The van der Waals surface area contributed by atoms with Gasteiger partial charge >= 0.3 is 5.97 Å². The molecule has 2 N–H and O–H groups in total. The average Bonchev–Trinajstić information content (AvgIpc) is 2.79. The second kappa shape index (κ2) is 5.39. The number of rotatable bonds is 5. The Morgan fingerprint density at radius 2 is 2.05 bits per heavy atom. The first-order chi connectivity index (χ1) is 10.1. The van der Waals surface area contributed by atoms with Crippen molar-refractivity contribution in [2.75, 3.05) is 18.0 Å². The molecule has 1 heterocycles. The first kappa shape index (κ1) is 13.9. The van der Waals surface area contributed by atoms with Gasteiger partial charge in [0, 0.05) is 12.2 Å². The van der Waals surface area contributed by atoms with Gasteiger partial charge in [-0.3, -0.25) is 9.59 Å². The van der Waals surface area contributed by atoms with E-state index in [1.165, 1.54) is 5.56 Å². The van der Waals surface area contributed by atoms with Crippen molar-refractivity contribution in [3.63, 3.8) is 0 Å². The number of carboxylic acids is 1. The highest BCUT2D eigenvalue weighted by Crippen LogP contribution is 2.35. The molecule has 2 aliphatic rings. The van der Waals surface area contributed by atoms with Gasteiger partial charge in [0.1, 0.15) is 0 Å². The van der Waals surface area contributed by atoms with E-state index in [2.05, 4.69) is 16.3 Å². The summed E-state index contributed by atoms with van der Waals surface area (Å²) < 4.78 is 0. The van der Waals surface area contributed by atoms with Crippen LogP contribution in [0.1, 0.15) is 31.2 Å². The number of fused-ring (bicyclic) bond motifs is 1. The Morgan fingerprint density at radius 3 is 2.71 bits per heavy atom. The Hall–Kier alpha value is -2.04. The molecule has 0 radical (unpaired) electrons. The van der Waals surface area contributed by atoms with E-state index in [4.69, 9.17) is 5.11 Å². The molecular weight excluding hydrogens is 268 g/mol. The van der Waals surface area contributed by atoms with Gasteiger partial charge in [-0.25, -0.2) is 0 Å². The molecule has 0 saturated heterocycles. The van der Waals surface area contributed by atoms with E-state index in [0.29, 0.717) is 6.54 Å². The quantitative estimate of drug-likeness (QED) is 0.862. The van der Waals surface area contributed by atoms with E-state index in [1.807, 2.05) is 18.2 Å². The fraction of sp³-hybridized carbons (Fsp3) is 0.500. The van der Waals surface area contributed by atoms with E-state index in [1.54, 1.807) is 0 Å². The Bertz CT molecular complexity index is 566. The molecule has 0 spiro atoms. The summed E-state index contributed by atoms with van der Waals surface area (Å²) in [5, 5.41) is 11.9. The lowest BCUT2D eigenvalue weighted by molar-refractivity contribution is -0.140. The molecule has 5 nitrogen and oxygen atoms in total. The number of benzene rings is 1. The molecular formula is C16H20N2O3. The predicted octanol–water partition coefficient (Wildman–Crippen LogP) is 1.56. The molecule has 1 aromatic carbocycles. The second-order valence-electron chi connectivity index (χ2n) is 6.05. The van der Waals surface area contributed by atoms with Crippen molar-refractivity contribution in [2.24, 2.45) is 0 Å². The smallest absolute Gasteiger partial charge is 0.305 e. The topological polar surface area (TPSA) is 69.6 Å². The standard InChI is InChI=1S/C16H20N2O3/c19-14(17-16(7-3-8-16)10-15(20)21)11-18-9-6-12-4-1-2-5-13(12)18/h1-2,4-5H,3,6-11H2,(H,17,19)(H,20,21). The van der Waals surface area contributed by atoms with E-state index in [9.17, 15) is 9.59 Å². The summed E-state index contributed by atoms with van der Waals surface area (Å²) in [6.07, 6.45) is 3.50. The summed E-state index contributed by atoms with van der Waals surface area (Å²) in [6.45, 7) is 1.15. The molecule has 5 heteroatoms. The molecule has 0 atom stereocenters. The normalized spacial score (nSPS) is 18.8. The van der Waals surface area contributed by atoms with Crippen molar-refractivity contribution in [3.8, 4) is 0 Å². The van der Waals surface area contributed by atoms with Gasteiger partial charge in [-0.1, -0.05) is 18.2 Å². The number of carbonyl (C=O) groups excluding carboxylic acids is 1. The predicted molar refractivity (Wildman–Crippen MR) is 79.3 cm³/mol. The van der Waals surface area contributed by atoms with Gasteiger partial charge in [0.15, 0.2) is 0 Å². The first-order valence-corrected chi connectivity index (χ1v) is 7.44. The Balaban J connectivity index is 1.61. The first-order valence-electron chi connectivity index (χ1n) is 7.44. The van der Waals surface area contributed by atoms with Gasteiger partial charge < -0.3 is 15.3 Å². The zero-order valence-electron chi connectivity index (χ0n) is 12.0. The van der Waals surface area contributed by atoms with Crippen LogP contribution in [0.4, 0.5) is 5.69 Å². The minimum Gasteiger partial charge on any atom is -0.481 e. The van der Waals surface area contributed by atoms with Crippen LogP contribution in [0.15, 0.2) is 24.3 Å². The molecule has 0 unspecified atom stereocenters. The van der Waals surface area contributed by atoms with E-state index < -0.39 is 11.5 Å². The van der Waals surface area contributed by atoms with Crippen LogP contribution in [0.2, 0.25) is 0 Å². The average molecular weight is 288 g/mol. The van der Waals surface area contributed by atoms with Crippen molar-refractivity contribution in [1.29, 1.82) is 0 Å². The number of hydrogen-bond donors (Lipinski definition) is 2. The van der Waals surface area contributed by atoms with Crippen LogP contribution >= 0.6 is 0 Å². The number of nitrogens with zero attached hydrogens (tertiary/aromatic N) is 1. The second-order valence-corrected chi connectivity index (χ2v) is 6.05. The maximum Gasteiger partial charge on any atom is 0.305 e. The van der Waals surface area contributed by atoms with Gasteiger partial charge in [-0.2, -0.15) is 0 Å². The SMILES string of the molecule is O=C(O)CC1(NC(=O)CN2CCc3ccccc32)CCC1. The fourth-order valence-corrected chi connectivity index (χ4v) is 3.32. The highest BCUT2D eigenvalue weighted by Gasteiger charge is 2.40. The lowest BCUT2D eigenvalue weighted by atomic mass is 9.74. The third-order valence-electron chi connectivity index (χ3n) is 4.52. The largest absolute Gasteiger partial charge is 0.481 e. The summed E-state index contributed by atoms with van der Waals surface area (Å²) in [5.41, 5.74) is 1.88. The summed E-state index contributed by atoms with van der Waals surface area (Å²) in [5.74, 6) is -0.922. The van der Waals surface area contributed by atoms with Gasteiger partial charge in [0.25, 0.3) is 0 Å². The maximum atomic E-state index is 12.3. The molecule has 1 aromatic rings. The van der Waals surface area contributed by atoms with E-state index in [-0.39, 0.29) is 12.3 Å². The molecule has 1 saturated carbocycles. The number of aliphatic carboxylic acids is 1. The lowest BCUT2D eigenvalue weighted by Crippen LogP contribution is -2.56. The Labute approximate surface area is 123 Å². The Kier molecular flexibility index (Phi) is 3.57. The van der Waals surface area contributed by atoms with Gasteiger partial charge in [0.2, 0.25) is 5.91 Å². The lowest BCUT2D eigenvalue weighted by Gasteiger charge is -2.41. The zero-order chi connectivity index (χ0) is 14.9. The summed E-state index contributed by atoms with van der Waals surface area (Å²) >= 11 is 0. The molecule has 112 valence electrons. The van der Waals surface area contributed by atoms with Crippen LogP contribution in [0.3, 0.4) is 0 Å². The van der Waals surface area contributed by atoms with Crippen molar-refractivity contribution in [3.05, 3.63) is 29.8 Å². The highest BCUT2D eigenvalue weighted by molar-refractivity contribution is 5.84. The van der Waals surface area contributed by atoms with Crippen LogP contribution in [-0.4, -0.2) is 35.6 Å². The fourth-order valence-electron chi connectivity index (χ4n) is 3.32. The molecule has 21 heavy (non-hydrogen) atoms. The number of carboxylic acid groups (broad SMARTS) is 1.